The van der Waals surface area contributed by atoms with Crippen molar-refractivity contribution in [2.75, 3.05) is 32.1 Å². The van der Waals surface area contributed by atoms with Gasteiger partial charge in [-0.05, 0) is 44.0 Å². The smallest absolute Gasteiger partial charge is 0.225 e. The Kier molecular flexibility index (Phi) is 5.16. The van der Waals surface area contributed by atoms with Gasteiger partial charge in [0.25, 0.3) is 0 Å². The summed E-state index contributed by atoms with van der Waals surface area (Å²) in [5.74, 6) is 2.17. The molecular formula is C25H32N6O. The third kappa shape index (κ3) is 4.09. The van der Waals surface area contributed by atoms with Crippen molar-refractivity contribution in [3.63, 3.8) is 0 Å². The van der Waals surface area contributed by atoms with Gasteiger partial charge in [-0.25, -0.2) is 9.97 Å². The molecule has 2 aliphatic rings. The van der Waals surface area contributed by atoms with E-state index < -0.39 is 0 Å². The number of nitrogens with zero attached hydrogens (tertiary/aromatic N) is 6. The summed E-state index contributed by atoms with van der Waals surface area (Å²) in [6.07, 6.45) is 7.97. The molecule has 0 radical (unpaired) electrons. The third-order valence-electron chi connectivity index (χ3n) is 6.41. The molecule has 0 amide bonds. The molecule has 0 unspecified atom stereocenters. The van der Waals surface area contributed by atoms with Crippen LogP contribution in [0, 0.1) is 0 Å². The number of fused-ring (bicyclic) bond motifs is 1. The van der Waals surface area contributed by atoms with Gasteiger partial charge in [-0.1, -0.05) is 12.1 Å². The molecule has 1 fully saturated rings. The van der Waals surface area contributed by atoms with E-state index >= 15 is 0 Å². The number of ether oxygens (including phenoxy) is 1. The molecule has 0 aliphatic carbocycles. The number of rotatable bonds is 5. The van der Waals surface area contributed by atoms with Crippen LogP contribution in [0.25, 0.3) is 11.1 Å². The lowest BCUT2D eigenvalue weighted by Crippen LogP contribution is -2.24. The molecule has 32 heavy (non-hydrogen) atoms. The molecule has 7 nitrogen and oxygen atoms in total. The monoisotopic (exact) mass is 432 g/mol. The van der Waals surface area contributed by atoms with Crippen molar-refractivity contribution in [1.82, 2.24) is 24.6 Å². The van der Waals surface area contributed by atoms with Crippen LogP contribution in [0.15, 0.2) is 36.8 Å². The first kappa shape index (κ1) is 20.9. The highest BCUT2D eigenvalue weighted by atomic mass is 16.5. The minimum absolute atomic E-state index is 0.0977. The number of aryl methyl sites for hydroxylation is 1. The molecule has 5 rings (SSSR count). The van der Waals surface area contributed by atoms with E-state index in [-0.39, 0.29) is 5.60 Å². The molecule has 4 heterocycles. The zero-order valence-corrected chi connectivity index (χ0v) is 19.7. The van der Waals surface area contributed by atoms with Gasteiger partial charge in [0.15, 0.2) is 0 Å². The van der Waals surface area contributed by atoms with E-state index in [1.807, 2.05) is 49.3 Å². The van der Waals surface area contributed by atoms with Crippen molar-refractivity contribution < 1.29 is 4.74 Å². The van der Waals surface area contributed by atoms with Gasteiger partial charge in [0.05, 0.1) is 11.9 Å². The van der Waals surface area contributed by atoms with E-state index in [9.17, 15) is 0 Å². The summed E-state index contributed by atoms with van der Waals surface area (Å²) < 4.78 is 7.88. The van der Waals surface area contributed by atoms with Crippen LogP contribution in [-0.4, -0.2) is 57.4 Å². The Morgan fingerprint density at radius 2 is 2.06 bits per heavy atom. The lowest BCUT2D eigenvalue weighted by Gasteiger charge is -2.19. The largest absolute Gasteiger partial charge is 0.487 e. The van der Waals surface area contributed by atoms with Gasteiger partial charge in [-0.15, -0.1) is 0 Å². The zero-order valence-electron chi connectivity index (χ0n) is 19.7. The molecule has 168 valence electrons. The van der Waals surface area contributed by atoms with E-state index in [0.717, 1.165) is 61.0 Å². The Labute approximate surface area is 190 Å². The summed E-state index contributed by atoms with van der Waals surface area (Å²) in [6.45, 7) is 7.33. The fraction of sp³-hybridized carbons (Fsp3) is 0.480. The maximum Gasteiger partial charge on any atom is 0.225 e. The van der Waals surface area contributed by atoms with Crippen LogP contribution in [0.2, 0.25) is 0 Å². The van der Waals surface area contributed by atoms with E-state index in [2.05, 4.69) is 47.0 Å². The van der Waals surface area contributed by atoms with Gasteiger partial charge in [0, 0.05) is 70.1 Å². The Morgan fingerprint density at radius 3 is 2.81 bits per heavy atom. The first-order valence-corrected chi connectivity index (χ1v) is 11.3. The lowest BCUT2D eigenvalue weighted by molar-refractivity contribution is 0.138. The summed E-state index contributed by atoms with van der Waals surface area (Å²) in [5.41, 5.74) is 5.88. The predicted octanol–water partition coefficient (Wildman–Crippen LogP) is 3.65. The fourth-order valence-electron chi connectivity index (χ4n) is 4.91. The minimum atomic E-state index is -0.0977. The molecule has 7 heteroatoms. The molecular weight excluding hydrogens is 400 g/mol. The molecule has 0 N–H and O–H groups in total. The molecule has 2 aromatic heterocycles. The first-order valence-electron chi connectivity index (χ1n) is 11.3. The van der Waals surface area contributed by atoms with Crippen LogP contribution >= 0.6 is 0 Å². The SMILES string of the molecule is CN(C)c1ncc(-c2cnn(C)c2)c([C@H]2CCN(Cc3ccc4c(c3)CC(C)(C)O4)C2)n1. The summed E-state index contributed by atoms with van der Waals surface area (Å²) >= 11 is 0. The van der Waals surface area contributed by atoms with E-state index in [4.69, 9.17) is 9.72 Å². The van der Waals surface area contributed by atoms with Crippen LogP contribution in [0.3, 0.4) is 0 Å². The maximum absolute atomic E-state index is 6.04. The zero-order chi connectivity index (χ0) is 22.5. The van der Waals surface area contributed by atoms with Crippen LogP contribution < -0.4 is 9.64 Å². The highest BCUT2D eigenvalue weighted by Gasteiger charge is 2.31. The Hall–Kier alpha value is -2.93. The standard InChI is InChI=1S/C25H32N6O/c1-25(2)11-19-10-17(6-7-22(19)32-25)14-31-9-8-18(16-31)23-21(20-12-27-30(5)15-20)13-26-24(28-23)29(3)4/h6-7,10,12-13,15,18H,8-9,11,14,16H2,1-5H3/t18-/m0/s1. The summed E-state index contributed by atoms with van der Waals surface area (Å²) in [7, 11) is 5.92. The van der Waals surface area contributed by atoms with Gasteiger partial charge in [-0.3, -0.25) is 9.58 Å². The average Bonchev–Trinajstić information content (AvgIpc) is 3.45. The maximum atomic E-state index is 6.04. The quantitative estimate of drug-likeness (QED) is 0.613. The van der Waals surface area contributed by atoms with E-state index in [1.54, 1.807) is 0 Å². The highest BCUT2D eigenvalue weighted by molar-refractivity contribution is 5.65. The van der Waals surface area contributed by atoms with E-state index in [0.29, 0.717) is 5.92 Å². The van der Waals surface area contributed by atoms with Crippen molar-refractivity contribution in [1.29, 1.82) is 0 Å². The second-order valence-corrected chi connectivity index (χ2v) is 9.97. The van der Waals surface area contributed by atoms with Crippen molar-refractivity contribution in [2.24, 2.45) is 7.05 Å². The molecule has 1 aromatic carbocycles. The second kappa shape index (κ2) is 7.89. The number of hydrogen-bond donors (Lipinski definition) is 0. The first-order chi connectivity index (χ1) is 15.3. The number of aromatic nitrogens is 4. The van der Waals surface area contributed by atoms with E-state index in [1.165, 1.54) is 11.1 Å². The minimum Gasteiger partial charge on any atom is -0.487 e. The predicted molar refractivity (Wildman–Crippen MR) is 126 cm³/mol. The lowest BCUT2D eigenvalue weighted by atomic mass is 9.97. The van der Waals surface area contributed by atoms with Gasteiger partial charge >= 0.3 is 0 Å². The molecule has 3 aromatic rings. The number of hydrogen-bond acceptors (Lipinski definition) is 6. The van der Waals surface area contributed by atoms with Crippen molar-refractivity contribution >= 4 is 5.95 Å². The van der Waals surface area contributed by atoms with Crippen molar-refractivity contribution in [2.45, 2.75) is 44.8 Å². The van der Waals surface area contributed by atoms with Gasteiger partial charge < -0.3 is 9.64 Å². The fourth-order valence-corrected chi connectivity index (χ4v) is 4.91. The number of likely N-dealkylation sites (tertiary alicyclic amines) is 1. The average molecular weight is 433 g/mol. The molecule has 0 spiro atoms. The summed E-state index contributed by atoms with van der Waals surface area (Å²) in [5, 5.41) is 4.36. The van der Waals surface area contributed by atoms with Gasteiger partial charge in [-0.2, -0.15) is 5.10 Å². The molecule has 2 aliphatic heterocycles. The summed E-state index contributed by atoms with van der Waals surface area (Å²) in [6, 6.07) is 6.68. The topological polar surface area (TPSA) is 59.3 Å². The van der Waals surface area contributed by atoms with Crippen LogP contribution in [-0.2, 0) is 20.0 Å². The van der Waals surface area contributed by atoms with Crippen LogP contribution in [0.4, 0.5) is 5.95 Å². The normalized spacial score (nSPS) is 19.7. The Morgan fingerprint density at radius 1 is 1.22 bits per heavy atom. The summed E-state index contributed by atoms with van der Waals surface area (Å²) in [4.78, 5) is 14.1. The van der Waals surface area contributed by atoms with Crippen LogP contribution in [0.5, 0.6) is 5.75 Å². The van der Waals surface area contributed by atoms with Gasteiger partial charge in [0.2, 0.25) is 5.95 Å². The van der Waals surface area contributed by atoms with Crippen molar-refractivity contribution in [3.05, 3.63) is 53.6 Å². The Bertz CT molecular complexity index is 1140. The third-order valence-corrected chi connectivity index (χ3v) is 6.41. The highest BCUT2D eigenvalue weighted by Crippen LogP contribution is 2.37. The second-order valence-electron chi connectivity index (χ2n) is 9.97. The molecule has 1 atom stereocenters. The molecule has 0 bridgehead atoms. The number of anilines is 1. The number of benzene rings is 1. The van der Waals surface area contributed by atoms with Gasteiger partial charge in [0.1, 0.15) is 11.4 Å². The van der Waals surface area contributed by atoms with Crippen molar-refractivity contribution in [3.8, 4) is 16.9 Å². The Balaban J connectivity index is 1.36. The van der Waals surface area contributed by atoms with Crippen LogP contribution in [0.1, 0.15) is 43.0 Å². The molecule has 0 saturated carbocycles. The molecule has 1 saturated heterocycles.